The summed E-state index contributed by atoms with van der Waals surface area (Å²) < 4.78 is 11.3. The van der Waals surface area contributed by atoms with E-state index in [1.54, 1.807) is 24.4 Å². The fourth-order valence-corrected chi connectivity index (χ4v) is 2.55. The van der Waals surface area contributed by atoms with Crippen molar-refractivity contribution in [3.05, 3.63) is 59.3 Å². The van der Waals surface area contributed by atoms with E-state index >= 15 is 0 Å². The first kappa shape index (κ1) is 15.8. The van der Waals surface area contributed by atoms with Crippen molar-refractivity contribution < 1.29 is 14.3 Å². The quantitative estimate of drug-likeness (QED) is 0.794. The van der Waals surface area contributed by atoms with Crippen LogP contribution in [0.5, 0.6) is 17.2 Å². The number of rotatable bonds is 4. The number of pyridine rings is 1. The number of benzene rings is 2. The summed E-state index contributed by atoms with van der Waals surface area (Å²) in [6.45, 7) is 4.04. The number of hydrogen-bond acceptors (Lipinski definition) is 4. The summed E-state index contributed by atoms with van der Waals surface area (Å²) >= 11 is 0. The van der Waals surface area contributed by atoms with Gasteiger partial charge >= 0.3 is 0 Å². The molecule has 0 saturated carbocycles. The highest BCUT2D eigenvalue weighted by Gasteiger charge is 2.14. The number of hydrogen-bond donors (Lipinski definition) is 1. The first-order valence-electron chi connectivity index (χ1n) is 7.52. The normalized spacial score (nSPS) is 10.6. The molecule has 0 aliphatic carbocycles. The maximum atomic E-state index is 11.7. The van der Waals surface area contributed by atoms with Gasteiger partial charge in [0.1, 0.15) is 17.2 Å². The van der Waals surface area contributed by atoms with Crippen molar-refractivity contribution in [2.45, 2.75) is 13.8 Å². The van der Waals surface area contributed by atoms with Gasteiger partial charge in [0.2, 0.25) is 0 Å². The van der Waals surface area contributed by atoms with Crippen molar-refractivity contribution in [3.8, 4) is 17.2 Å². The monoisotopic (exact) mass is 322 g/mol. The number of amides is 1. The Morgan fingerprint density at radius 1 is 1.08 bits per heavy atom. The van der Waals surface area contributed by atoms with Crippen molar-refractivity contribution in [1.29, 1.82) is 0 Å². The molecule has 0 aliphatic rings. The molecule has 1 aromatic heterocycles. The Bertz CT molecular complexity index is 935. The van der Waals surface area contributed by atoms with Crippen molar-refractivity contribution in [2.24, 2.45) is 5.73 Å². The maximum absolute atomic E-state index is 11.7. The molecule has 0 atom stereocenters. The first-order valence-corrected chi connectivity index (χ1v) is 7.52. The molecule has 5 heteroatoms. The standard InChI is InChI=1S/C19H18N2O3/c1-11-5-4-6-16(12(11)2)24-17-7-8-21-15-10-18(23-3)14(19(20)22)9-13(15)17/h4-10H,1-3H3,(H2,20,22). The number of ether oxygens (including phenoxy) is 2. The highest BCUT2D eigenvalue weighted by Crippen LogP contribution is 2.34. The number of fused-ring (bicyclic) bond motifs is 1. The van der Waals surface area contributed by atoms with E-state index in [1.165, 1.54) is 7.11 Å². The molecule has 3 rings (SSSR count). The van der Waals surface area contributed by atoms with Crippen molar-refractivity contribution in [3.63, 3.8) is 0 Å². The van der Waals surface area contributed by atoms with E-state index in [4.69, 9.17) is 15.2 Å². The molecular weight excluding hydrogens is 304 g/mol. The number of aryl methyl sites for hydroxylation is 1. The lowest BCUT2D eigenvalue weighted by Gasteiger charge is -2.13. The van der Waals surface area contributed by atoms with Gasteiger partial charge in [-0.2, -0.15) is 0 Å². The largest absolute Gasteiger partial charge is 0.496 e. The Hall–Kier alpha value is -3.08. The second-order valence-electron chi connectivity index (χ2n) is 5.54. The zero-order valence-corrected chi connectivity index (χ0v) is 13.8. The van der Waals surface area contributed by atoms with Crippen LogP contribution in [0, 0.1) is 13.8 Å². The number of carbonyl (C=O) groups is 1. The zero-order valence-electron chi connectivity index (χ0n) is 13.8. The van der Waals surface area contributed by atoms with Gasteiger partial charge in [0.25, 0.3) is 5.91 Å². The molecule has 5 nitrogen and oxygen atoms in total. The van der Waals surface area contributed by atoms with Crippen LogP contribution in [-0.4, -0.2) is 18.0 Å². The molecule has 0 radical (unpaired) electrons. The minimum Gasteiger partial charge on any atom is -0.496 e. The summed E-state index contributed by atoms with van der Waals surface area (Å²) in [5.41, 5.74) is 8.61. The van der Waals surface area contributed by atoms with E-state index in [2.05, 4.69) is 4.98 Å². The zero-order chi connectivity index (χ0) is 17.3. The van der Waals surface area contributed by atoms with E-state index in [-0.39, 0.29) is 0 Å². The molecule has 122 valence electrons. The van der Waals surface area contributed by atoms with Crippen molar-refractivity contribution in [1.82, 2.24) is 4.98 Å². The fourth-order valence-electron chi connectivity index (χ4n) is 2.55. The predicted octanol–water partition coefficient (Wildman–Crippen LogP) is 3.75. The number of methoxy groups -OCH3 is 1. The molecule has 0 saturated heterocycles. The van der Waals surface area contributed by atoms with E-state index in [0.717, 1.165) is 16.9 Å². The van der Waals surface area contributed by atoms with Crippen LogP contribution >= 0.6 is 0 Å². The third kappa shape index (κ3) is 2.76. The number of aromatic nitrogens is 1. The summed E-state index contributed by atoms with van der Waals surface area (Å²) in [6.07, 6.45) is 1.66. The van der Waals surface area contributed by atoms with Crippen molar-refractivity contribution in [2.75, 3.05) is 7.11 Å². The highest BCUT2D eigenvalue weighted by molar-refractivity contribution is 6.01. The molecular formula is C19H18N2O3. The smallest absolute Gasteiger partial charge is 0.252 e. The van der Waals surface area contributed by atoms with Crippen LogP contribution in [0.15, 0.2) is 42.6 Å². The lowest BCUT2D eigenvalue weighted by Crippen LogP contribution is -2.12. The van der Waals surface area contributed by atoms with Gasteiger partial charge in [-0.3, -0.25) is 9.78 Å². The van der Waals surface area contributed by atoms with Gasteiger partial charge in [-0.05, 0) is 43.2 Å². The maximum Gasteiger partial charge on any atom is 0.252 e. The molecule has 0 unspecified atom stereocenters. The van der Waals surface area contributed by atoms with Gasteiger partial charge in [-0.1, -0.05) is 12.1 Å². The summed E-state index contributed by atoms with van der Waals surface area (Å²) in [7, 11) is 1.49. The number of carbonyl (C=O) groups excluding carboxylic acids is 1. The summed E-state index contributed by atoms with van der Waals surface area (Å²) in [5.74, 6) is 1.21. The topological polar surface area (TPSA) is 74.4 Å². The molecule has 0 bridgehead atoms. The van der Waals surface area contributed by atoms with Crippen LogP contribution in [0.2, 0.25) is 0 Å². The highest BCUT2D eigenvalue weighted by atomic mass is 16.5. The third-order valence-electron chi connectivity index (χ3n) is 4.06. The number of primary amides is 1. The Balaban J connectivity index is 2.16. The summed E-state index contributed by atoms with van der Waals surface area (Å²) in [4.78, 5) is 16.0. The lowest BCUT2D eigenvalue weighted by atomic mass is 10.1. The van der Waals surface area contributed by atoms with Crippen LogP contribution in [0.4, 0.5) is 0 Å². The van der Waals surface area contributed by atoms with E-state index in [0.29, 0.717) is 28.0 Å². The van der Waals surface area contributed by atoms with Crippen LogP contribution in [0.25, 0.3) is 10.9 Å². The first-order chi connectivity index (χ1) is 11.5. The molecule has 0 spiro atoms. The molecule has 2 N–H and O–H groups in total. The van der Waals surface area contributed by atoms with E-state index < -0.39 is 5.91 Å². The average molecular weight is 322 g/mol. The Morgan fingerprint density at radius 3 is 2.58 bits per heavy atom. The molecule has 0 aliphatic heterocycles. The van der Waals surface area contributed by atoms with Crippen LogP contribution in [0.1, 0.15) is 21.5 Å². The molecule has 0 fully saturated rings. The Kier molecular flexibility index (Phi) is 4.08. The van der Waals surface area contributed by atoms with Gasteiger partial charge in [-0.25, -0.2) is 0 Å². The second-order valence-corrected chi connectivity index (χ2v) is 5.54. The summed E-state index contributed by atoms with van der Waals surface area (Å²) in [6, 6.07) is 11.0. The van der Waals surface area contributed by atoms with E-state index in [1.807, 2.05) is 32.0 Å². The predicted molar refractivity (Wildman–Crippen MR) is 92.8 cm³/mol. The average Bonchev–Trinajstić information content (AvgIpc) is 2.58. The van der Waals surface area contributed by atoms with Gasteiger partial charge < -0.3 is 15.2 Å². The SMILES string of the molecule is COc1cc2nccc(Oc3cccc(C)c3C)c2cc1C(N)=O. The molecule has 2 aromatic carbocycles. The van der Waals surface area contributed by atoms with Gasteiger partial charge in [0.05, 0.1) is 18.2 Å². The second kappa shape index (κ2) is 6.20. The number of nitrogens with zero attached hydrogens (tertiary/aromatic N) is 1. The van der Waals surface area contributed by atoms with Gasteiger partial charge in [-0.15, -0.1) is 0 Å². The van der Waals surface area contributed by atoms with Crippen LogP contribution < -0.4 is 15.2 Å². The molecule has 3 aromatic rings. The molecule has 1 amide bonds. The lowest BCUT2D eigenvalue weighted by molar-refractivity contribution is 0.0997. The van der Waals surface area contributed by atoms with Crippen molar-refractivity contribution >= 4 is 16.8 Å². The Morgan fingerprint density at radius 2 is 1.88 bits per heavy atom. The van der Waals surface area contributed by atoms with Crippen LogP contribution in [-0.2, 0) is 0 Å². The number of nitrogens with two attached hydrogens (primary N) is 1. The minimum atomic E-state index is -0.560. The van der Waals surface area contributed by atoms with Gasteiger partial charge in [0.15, 0.2) is 0 Å². The van der Waals surface area contributed by atoms with Crippen LogP contribution in [0.3, 0.4) is 0 Å². The summed E-state index contributed by atoms with van der Waals surface area (Å²) in [5, 5.41) is 0.702. The Labute approximate surface area is 140 Å². The minimum absolute atomic E-state index is 0.295. The van der Waals surface area contributed by atoms with Gasteiger partial charge in [0, 0.05) is 17.6 Å². The third-order valence-corrected chi connectivity index (χ3v) is 4.06. The molecule has 24 heavy (non-hydrogen) atoms. The van der Waals surface area contributed by atoms with E-state index in [9.17, 15) is 4.79 Å². The molecule has 1 heterocycles. The fraction of sp³-hybridized carbons (Fsp3) is 0.158.